The van der Waals surface area contributed by atoms with Crippen LogP contribution in [-0.4, -0.2) is 155 Å². The Balaban J connectivity index is 1.32. The number of aromatic amines is 1. The molecule has 1 saturated carbocycles. The summed E-state index contributed by atoms with van der Waals surface area (Å²) in [7, 11) is 4.75. The number of ether oxygens (including phenoxy) is 3. The first-order chi connectivity index (χ1) is 31.9. The number of fused-ring (bicyclic) bond motifs is 6. The third-order valence-electron chi connectivity index (χ3n) is 17.6. The minimum absolute atomic E-state index is 0.0268. The van der Waals surface area contributed by atoms with Gasteiger partial charge in [-0.1, -0.05) is 44.2 Å². The molecule has 67 heavy (non-hydrogen) atoms. The van der Waals surface area contributed by atoms with Crippen LogP contribution in [0.2, 0.25) is 0 Å². The number of para-hydroxylation sites is 1. The zero-order valence-electron chi connectivity index (χ0n) is 39.8. The molecule has 3 aromatic rings. The Morgan fingerprint density at radius 3 is 2.46 bits per heavy atom. The second kappa shape index (κ2) is 16.6. The molecule has 1 unspecified atom stereocenters. The summed E-state index contributed by atoms with van der Waals surface area (Å²) >= 11 is 0. The molecule has 6 heterocycles. The molecule has 1 aromatic heterocycles. The molecule has 11 atom stereocenters. The second-order valence-electron chi connectivity index (χ2n) is 20.3. The van der Waals surface area contributed by atoms with Gasteiger partial charge in [-0.2, -0.15) is 0 Å². The Hall–Kier alpha value is -5.00. The minimum Gasteiger partial charge on any atom is -0.496 e. The number of methoxy groups -OCH3 is 2. The average molecular weight is 926 g/mol. The van der Waals surface area contributed by atoms with Gasteiger partial charge in [-0.05, 0) is 94.5 Å². The summed E-state index contributed by atoms with van der Waals surface area (Å²) in [6, 6.07) is 10.0. The highest BCUT2D eigenvalue weighted by Gasteiger charge is 2.84. The first-order valence-corrected chi connectivity index (χ1v) is 24.0. The van der Waals surface area contributed by atoms with Gasteiger partial charge in [0.2, 0.25) is 0 Å². The smallest absolute Gasteiger partial charge is 0.328 e. The van der Waals surface area contributed by atoms with Crippen molar-refractivity contribution in [2.75, 3.05) is 65.5 Å². The molecule has 9 rings (SSSR count). The van der Waals surface area contributed by atoms with E-state index in [-0.39, 0.29) is 25.4 Å². The van der Waals surface area contributed by atoms with Crippen molar-refractivity contribution >= 4 is 40.4 Å². The van der Waals surface area contributed by atoms with E-state index in [1.54, 1.807) is 28.0 Å². The van der Waals surface area contributed by atoms with Gasteiger partial charge >= 0.3 is 17.9 Å². The number of carbonyl (C=O) groups is 4. The van der Waals surface area contributed by atoms with Gasteiger partial charge < -0.3 is 49.8 Å². The fraction of sp³-hybridized carbons (Fsp3) is 0.608. The normalized spacial score (nSPS) is 35.5. The van der Waals surface area contributed by atoms with Crippen LogP contribution in [-0.2, 0) is 45.9 Å². The second-order valence-corrected chi connectivity index (χ2v) is 20.3. The Morgan fingerprint density at radius 1 is 1.01 bits per heavy atom. The zero-order chi connectivity index (χ0) is 48.1. The molecule has 2 saturated heterocycles. The van der Waals surface area contributed by atoms with Crippen molar-refractivity contribution in [3.63, 3.8) is 0 Å². The van der Waals surface area contributed by atoms with Crippen molar-refractivity contribution in [3.8, 4) is 5.75 Å². The van der Waals surface area contributed by atoms with E-state index in [4.69, 9.17) is 14.2 Å². The topological polar surface area (TPSA) is 214 Å². The number of piperidine rings is 1. The summed E-state index contributed by atoms with van der Waals surface area (Å²) in [5.41, 5.74) is -4.66. The van der Waals surface area contributed by atoms with Crippen LogP contribution >= 0.6 is 0 Å². The predicted octanol–water partition coefficient (Wildman–Crippen LogP) is 3.55. The van der Waals surface area contributed by atoms with Crippen LogP contribution in [0.5, 0.6) is 5.75 Å². The summed E-state index contributed by atoms with van der Waals surface area (Å²) in [6.07, 6.45) is 4.05. The summed E-state index contributed by atoms with van der Waals surface area (Å²) in [6.45, 7) is 10.3. The van der Waals surface area contributed by atoms with E-state index in [9.17, 15) is 30.0 Å². The minimum atomic E-state index is -2.65. The highest BCUT2D eigenvalue weighted by atomic mass is 16.5. The molecule has 1 spiro atoms. The number of nitrogens with one attached hydrogen (secondary N) is 2. The van der Waals surface area contributed by atoms with E-state index in [0.717, 1.165) is 22.0 Å². The number of H-pyrrole nitrogens is 1. The van der Waals surface area contributed by atoms with Crippen LogP contribution in [0.4, 0.5) is 5.69 Å². The Labute approximate surface area is 391 Å². The Morgan fingerprint density at radius 2 is 1.78 bits per heavy atom. The van der Waals surface area contributed by atoms with Crippen molar-refractivity contribution < 1.29 is 53.8 Å². The monoisotopic (exact) mass is 925 g/mol. The maximum Gasteiger partial charge on any atom is 0.328 e. The highest BCUT2D eigenvalue weighted by molar-refractivity contribution is 5.97. The lowest BCUT2D eigenvalue weighted by atomic mass is 9.42. The fourth-order valence-electron chi connectivity index (χ4n) is 14.5. The quantitative estimate of drug-likeness (QED) is 0.113. The molecular weight excluding hydrogens is 859 g/mol. The van der Waals surface area contributed by atoms with Gasteiger partial charge in [0.15, 0.2) is 5.60 Å². The molecule has 2 bridgehead atoms. The van der Waals surface area contributed by atoms with Gasteiger partial charge in [0, 0.05) is 90.4 Å². The number of carboxylic acids is 1. The summed E-state index contributed by atoms with van der Waals surface area (Å²) in [5.74, 6) is -3.35. The average Bonchev–Trinajstić information content (AvgIpc) is 3.97. The fourth-order valence-corrected chi connectivity index (χ4v) is 14.5. The molecule has 5 aliphatic heterocycles. The number of rotatable bonds is 12. The van der Waals surface area contributed by atoms with Crippen LogP contribution in [0.15, 0.2) is 48.6 Å². The third kappa shape index (κ3) is 6.34. The number of aliphatic hydroxyl groups is 3. The molecule has 2 aromatic carbocycles. The largest absolute Gasteiger partial charge is 0.496 e. The van der Waals surface area contributed by atoms with Crippen molar-refractivity contribution in [2.45, 2.75) is 125 Å². The lowest BCUT2D eigenvalue weighted by molar-refractivity contribution is -0.224. The van der Waals surface area contributed by atoms with Crippen LogP contribution in [0.25, 0.3) is 10.9 Å². The van der Waals surface area contributed by atoms with Crippen LogP contribution in [0, 0.1) is 11.3 Å². The number of aromatic nitrogens is 1. The number of aliphatic hydroxyl groups excluding tert-OH is 1. The molecule has 16 nitrogen and oxygen atoms in total. The Bertz CT molecular complexity index is 2530. The van der Waals surface area contributed by atoms with E-state index in [1.807, 2.05) is 61.2 Å². The Kier molecular flexibility index (Phi) is 11.7. The number of benzene rings is 2. The molecule has 362 valence electrons. The number of esters is 2. The number of hydrogen-bond donors (Lipinski definition) is 6. The van der Waals surface area contributed by atoms with E-state index < -0.39 is 81.4 Å². The van der Waals surface area contributed by atoms with E-state index in [0.29, 0.717) is 87.5 Å². The van der Waals surface area contributed by atoms with Gasteiger partial charge in [0.1, 0.15) is 23.3 Å². The molecule has 0 radical (unpaired) electrons. The molecule has 3 fully saturated rings. The van der Waals surface area contributed by atoms with E-state index in [2.05, 4.69) is 26.2 Å². The number of hydrogen-bond acceptors (Lipinski definition) is 13. The van der Waals surface area contributed by atoms with Crippen molar-refractivity contribution in [3.05, 3.63) is 70.9 Å². The third-order valence-corrected chi connectivity index (χ3v) is 17.6. The number of amides is 1. The standard InChI is InChI=1S/C51H67N5O11/c1-8-47(63)26-30-27-49(45(62)66-7,40-32(18-22-55(28-30)29-47)31-14-11-12-15-35(31)52-40)34-24-33-37(25-38(34)65-6)54(5)46(4)50(33)20-23-56-21-13-19-48(9-2,42(50)56)43(60)51(46,64)44(61)53-36(16-17-39(57)58)41(59)67-10-3/h11-15,19,24-25,30,36,42-43,52,60,63-64H,8-10,16-18,20-23,26-29H2,1-7H3,(H,53,61)(H,57,58)/t30-,36-,42-,43+,46+,47-,48+,49-,50+,51-/m0/s1. The molecule has 6 N–H and O–H groups in total. The summed E-state index contributed by atoms with van der Waals surface area (Å²) in [4.78, 5) is 66.3. The molecule has 1 aliphatic carbocycles. The first kappa shape index (κ1) is 47.1. The van der Waals surface area contributed by atoms with Crippen molar-refractivity contribution in [1.82, 2.24) is 20.1 Å². The molecule has 6 aliphatic rings. The lowest BCUT2D eigenvalue weighted by Gasteiger charge is -2.68. The molecule has 16 heteroatoms. The van der Waals surface area contributed by atoms with Crippen LogP contribution in [0.3, 0.4) is 0 Å². The van der Waals surface area contributed by atoms with Crippen LogP contribution < -0.4 is 15.0 Å². The maximum absolute atomic E-state index is 15.5. The molecular formula is C51H67N5O11. The maximum atomic E-state index is 15.5. The number of nitrogens with zero attached hydrogens (tertiary/aromatic N) is 3. The predicted molar refractivity (Wildman–Crippen MR) is 249 cm³/mol. The number of aliphatic carboxylic acids is 1. The van der Waals surface area contributed by atoms with E-state index in [1.165, 1.54) is 7.11 Å². The van der Waals surface area contributed by atoms with Crippen molar-refractivity contribution in [1.29, 1.82) is 0 Å². The van der Waals surface area contributed by atoms with Crippen molar-refractivity contribution in [2.24, 2.45) is 11.3 Å². The highest BCUT2D eigenvalue weighted by Crippen LogP contribution is 2.71. The summed E-state index contributed by atoms with van der Waals surface area (Å²) < 4.78 is 17.7. The van der Waals surface area contributed by atoms with Crippen LogP contribution in [0.1, 0.15) is 95.0 Å². The number of carbonyl (C=O) groups excluding carboxylic acids is 3. The number of anilines is 1. The molecule has 1 amide bonds. The number of carboxylic acid groups (broad SMARTS) is 1. The van der Waals surface area contributed by atoms with Gasteiger partial charge in [-0.15, -0.1) is 0 Å². The van der Waals surface area contributed by atoms with E-state index >= 15 is 9.59 Å². The van der Waals surface area contributed by atoms with Gasteiger partial charge in [0.05, 0.1) is 32.0 Å². The zero-order valence-corrected chi connectivity index (χ0v) is 39.8. The first-order valence-electron chi connectivity index (χ1n) is 24.0. The number of likely N-dealkylation sites (N-methyl/N-ethyl adjacent to an activating group) is 1. The van der Waals surface area contributed by atoms with Gasteiger partial charge in [0.25, 0.3) is 5.91 Å². The van der Waals surface area contributed by atoms with Gasteiger partial charge in [-0.3, -0.25) is 24.2 Å². The summed E-state index contributed by atoms with van der Waals surface area (Å²) in [5, 5.41) is 52.2. The SMILES string of the molecule is CCOC(=O)[C@H](CCC(=O)O)NC(=O)[C@@]1(O)[C@H](O)[C@]2(CC)C=CCN3CC[C@@]4(c5cc([C@@]6(C(=O)OC)C[C@H]7CN(CCc8c6[nH]c6ccccc86)C[C@](O)(CC)C7)c(OC)cc5N(C)[C@@]14C)[C@@H]32. The van der Waals surface area contributed by atoms with Gasteiger partial charge in [-0.25, -0.2) is 4.79 Å². The lowest BCUT2D eigenvalue weighted by Crippen LogP contribution is -2.87.